The van der Waals surface area contributed by atoms with E-state index in [9.17, 15) is 9.59 Å². The molecule has 92 valence electrons. The van der Waals surface area contributed by atoms with Crippen LogP contribution in [0, 0.1) is 0 Å². The molecule has 1 atom stereocenters. The molecular formula is C11H14N2O4. The summed E-state index contributed by atoms with van der Waals surface area (Å²) in [5.74, 6) is -1.23. The van der Waals surface area contributed by atoms with Crippen LogP contribution in [0.2, 0.25) is 0 Å². The number of ether oxygens (including phenoxy) is 1. The highest BCUT2D eigenvalue weighted by Gasteiger charge is 2.20. The van der Waals surface area contributed by atoms with Crippen molar-refractivity contribution in [3.8, 4) is 0 Å². The average Bonchev–Trinajstić information content (AvgIpc) is 2.87. The topological polar surface area (TPSA) is 80.6 Å². The van der Waals surface area contributed by atoms with E-state index in [-0.39, 0.29) is 18.5 Å². The highest BCUT2D eigenvalue weighted by molar-refractivity contribution is 5.93. The molecule has 1 aromatic heterocycles. The van der Waals surface area contributed by atoms with Gasteiger partial charge < -0.3 is 19.7 Å². The maximum atomic E-state index is 11.9. The van der Waals surface area contributed by atoms with Gasteiger partial charge in [0, 0.05) is 12.8 Å². The number of carboxylic acid groups (broad SMARTS) is 1. The molecule has 1 aromatic rings. The van der Waals surface area contributed by atoms with E-state index >= 15 is 0 Å². The van der Waals surface area contributed by atoms with Crippen LogP contribution in [0.4, 0.5) is 0 Å². The maximum Gasteiger partial charge on any atom is 0.323 e. The highest BCUT2D eigenvalue weighted by Crippen LogP contribution is 2.07. The predicted molar refractivity (Wildman–Crippen MR) is 58.8 cm³/mol. The lowest BCUT2D eigenvalue weighted by Gasteiger charge is -2.11. The van der Waals surface area contributed by atoms with E-state index in [1.807, 2.05) is 0 Å². The summed E-state index contributed by atoms with van der Waals surface area (Å²) >= 11 is 0. The van der Waals surface area contributed by atoms with E-state index in [2.05, 4.69) is 5.32 Å². The molecule has 6 nitrogen and oxygen atoms in total. The lowest BCUT2D eigenvalue weighted by Crippen LogP contribution is -2.36. The molecule has 0 spiro atoms. The standard InChI is InChI=1S/C11H14N2O4/c14-10(15)6-13-4-1-2-9(13)11(16)12-8-3-5-17-7-8/h1-2,4,8H,3,5-7H2,(H,12,16)(H,14,15). The summed E-state index contributed by atoms with van der Waals surface area (Å²) in [4.78, 5) is 22.5. The minimum atomic E-state index is -0.973. The molecule has 0 saturated carbocycles. The third-order valence-electron chi connectivity index (χ3n) is 2.63. The monoisotopic (exact) mass is 238 g/mol. The fourth-order valence-corrected chi connectivity index (χ4v) is 1.81. The van der Waals surface area contributed by atoms with Gasteiger partial charge in [-0.25, -0.2) is 0 Å². The zero-order valence-electron chi connectivity index (χ0n) is 9.26. The molecule has 1 fully saturated rings. The number of hydrogen-bond donors (Lipinski definition) is 2. The number of aromatic nitrogens is 1. The summed E-state index contributed by atoms with van der Waals surface area (Å²) in [5, 5.41) is 11.5. The minimum Gasteiger partial charge on any atom is -0.480 e. The van der Waals surface area contributed by atoms with Gasteiger partial charge in [-0.05, 0) is 18.6 Å². The van der Waals surface area contributed by atoms with E-state index in [0.717, 1.165) is 6.42 Å². The van der Waals surface area contributed by atoms with E-state index in [1.165, 1.54) is 4.57 Å². The molecule has 1 aliphatic rings. The number of hydrogen-bond acceptors (Lipinski definition) is 3. The zero-order valence-corrected chi connectivity index (χ0v) is 9.26. The Morgan fingerprint density at radius 2 is 2.41 bits per heavy atom. The van der Waals surface area contributed by atoms with Crippen molar-refractivity contribution in [3.05, 3.63) is 24.0 Å². The van der Waals surface area contributed by atoms with Gasteiger partial charge in [0.25, 0.3) is 5.91 Å². The van der Waals surface area contributed by atoms with Crippen LogP contribution in [0.3, 0.4) is 0 Å². The summed E-state index contributed by atoms with van der Waals surface area (Å²) < 4.78 is 6.56. The van der Waals surface area contributed by atoms with Crippen LogP contribution in [-0.2, 0) is 16.1 Å². The number of aliphatic carboxylic acids is 1. The quantitative estimate of drug-likeness (QED) is 0.779. The Kier molecular flexibility index (Phi) is 3.43. The van der Waals surface area contributed by atoms with E-state index in [0.29, 0.717) is 18.9 Å². The van der Waals surface area contributed by atoms with Crippen LogP contribution in [0.25, 0.3) is 0 Å². The Hall–Kier alpha value is -1.82. The minimum absolute atomic E-state index is 0.0238. The zero-order chi connectivity index (χ0) is 12.3. The van der Waals surface area contributed by atoms with Gasteiger partial charge >= 0.3 is 5.97 Å². The van der Waals surface area contributed by atoms with Crippen molar-refractivity contribution < 1.29 is 19.4 Å². The predicted octanol–water partition coefficient (Wildman–Crippen LogP) is 0.0914. The third kappa shape index (κ3) is 2.85. The molecule has 1 unspecified atom stereocenters. The van der Waals surface area contributed by atoms with Crippen molar-refractivity contribution in [2.75, 3.05) is 13.2 Å². The first kappa shape index (κ1) is 11.7. The Balaban J connectivity index is 2.02. The lowest BCUT2D eigenvalue weighted by atomic mass is 10.2. The average molecular weight is 238 g/mol. The number of amides is 1. The van der Waals surface area contributed by atoms with Crippen LogP contribution in [-0.4, -0.2) is 40.8 Å². The van der Waals surface area contributed by atoms with Gasteiger partial charge in [-0.3, -0.25) is 9.59 Å². The van der Waals surface area contributed by atoms with Crippen molar-refractivity contribution in [2.24, 2.45) is 0 Å². The van der Waals surface area contributed by atoms with Crippen molar-refractivity contribution in [2.45, 2.75) is 19.0 Å². The molecule has 0 radical (unpaired) electrons. The first-order valence-electron chi connectivity index (χ1n) is 5.42. The number of nitrogens with one attached hydrogen (secondary N) is 1. The second-order valence-corrected chi connectivity index (χ2v) is 3.95. The molecule has 0 bridgehead atoms. The molecule has 1 saturated heterocycles. The number of rotatable bonds is 4. The van der Waals surface area contributed by atoms with Gasteiger partial charge in [0.1, 0.15) is 12.2 Å². The maximum absolute atomic E-state index is 11.9. The first-order valence-corrected chi connectivity index (χ1v) is 5.42. The number of carbonyl (C=O) groups is 2. The molecule has 17 heavy (non-hydrogen) atoms. The first-order chi connectivity index (χ1) is 8.16. The van der Waals surface area contributed by atoms with Crippen molar-refractivity contribution >= 4 is 11.9 Å². The van der Waals surface area contributed by atoms with Gasteiger partial charge in [0.05, 0.1) is 12.6 Å². The van der Waals surface area contributed by atoms with E-state index in [4.69, 9.17) is 9.84 Å². The Morgan fingerprint density at radius 3 is 3.06 bits per heavy atom. The lowest BCUT2D eigenvalue weighted by molar-refractivity contribution is -0.137. The van der Waals surface area contributed by atoms with Gasteiger partial charge in [0.15, 0.2) is 0 Å². The van der Waals surface area contributed by atoms with Crippen molar-refractivity contribution in [3.63, 3.8) is 0 Å². The number of nitrogens with zero attached hydrogens (tertiary/aromatic N) is 1. The SMILES string of the molecule is O=C(O)Cn1cccc1C(=O)NC1CCOC1. The second kappa shape index (κ2) is 5.01. The molecule has 2 heterocycles. The van der Waals surface area contributed by atoms with Crippen molar-refractivity contribution in [1.82, 2.24) is 9.88 Å². The van der Waals surface area contributed by atoms with Crippen LogP contribution in [0.5, 0.6) is 0 Å². The molecule has 6 heteroatoms. The van der Waals surface area contributed by atoms with Gasteiger partial charge in [-0.2, -0.15) is 0 Å². The normalized spacial score (nSPS) is 19.2. The molecule has 0 aromatic carbocycles. The number of carboxylic acids is 1. The molecule has 2 rings (SSSR count). The summed E-state index contributed by atoms with van der Waals surface area (Å²) in [6, 6.07) is 3.28. The molecule has 1 amide bonds. The largest absolute Gasteiger partial charge is 0.480 e. The molecule has 2 N–H and O–H groups in total. The fraction of sp³-hybridized carbons (Fsp3) is 0.455. The fourth-order valence-electron chi connectivity index (χ4n) is 1.81. The van der Waals surface area contributed by atoms with Gasteiger partial charge in [-0.1, -0.05) is 0 Å². The van der Waals surface area contributed by atoms with Crippen LogP contribution < -0.4 is 5.32 Å². The van der Waals surface area contributed by atoms with E-state index in [1.54, 1.807) is 18.3 Å². The van der Waals surface area contributed by atoms with Gasteiger partial charge in [0.2, 0.25) is 0 Å². The molecular weight excluding hydrogens is 224 g/mol. The smallest absolute Gasteiger partial charge is 0.323 e. The molecule has 1 aliphatic heterocycles. The van der Waals surface area contributed by atoms with Gasteiger partial charge in [-0.15, -0.1) is 0 Å². The summed E-state index contributed by atoms with van der Waals surface area (Å²) in [6.45, 7) is 0.962. The highest BCUT2D eigenvalue weighted by atomic mass is 16.5. The van der Waals surface area contributed by atoms with Crippen LogP contribution >= 0.6 is 0 Å². The molecule has 0 aliphatic carbocycles. The van der Waals surface area contributed by atoms with Crippen LogP contribution in [0.15, 0.2) is 18.3 Å². The Morgan fingerprint density at radius 1 is 1.59 bits per heavy atom. The van der Waals surface area contributed by atoms with Crippen LogP contribution in [0.1, 0.15) is 16.9 Å². The third-order valence-corrected chi connectivity index (χ3v) is 2.63. The summed E-state index contributed by atoms with van der Waals surface area (Å²) in [7, 11) is 0. The Labute approximate surface area is 98.2 Å². The second-order valence-electron chi connectivity index (χ2n) is 3.95. The summed E-state index contributed by atoms with van der Waals surface area (Å²) in [6.07, 6.45) is 2.37. The summed E-state index contributed by atoms with van der Waals surface area (Å²) in [5.41, 5.74) is 0.360. The Bertz CT molecular complexity index is 421. The number of carbonyl (C=O) groups excluding carboxylic acids is 1. The van der Waals surface area contributed by atoms with E-state index < -0.39 is 5.97 Å². The van der Waals surface area contributed by atoms with Crippen molar-refractivity contribution in [1.29, 1.82) is 0 Å².